The number of piperidine rings is 1. The van der Waals surface area contributed by atoms with E-state index >= 15 is 0 Å². The molecule has 0 bridgehead atoms. The van der Waals surface area contributed by atoms with Crippen molar-refractivity contribution in [2.24, 2.45) is 0 Å². The fourth-order valence-electron chi connectivity index (χ4n) is 2.73. The van der Waals surface area contributed by atoms with E-state index in [4.69, 9.17) is 9.47 Å². The van der Waals surface area contributed by atoms with Gasteiger partial charge in [0.2, 0.25) is 0 Å². The molecule has 2 rings (SSSR count). The highest BCUT2D eigenvalue weighted by molar-refractivity contribution is 5.80. The van der Waals surface area contributed by atoms with E-state index in [0.717, 1.165) is 26.2 Å². The highest BCUT2D eigenvalue weighted by Gasteiger charge is 2.34. The van der Waals surface area contributed by atoms with E-state index in [2.05, 4.69) is 16.8 Å². The summed E-state index contributed by atoms with van der Waals surface area (Å²) in [7, 11) is 5.40. The largest absolute Gasteiger partial charge is 0.454 e. The van der Waals surface area contributed by atoms with Gasteiger partial charge in [-0.15, -0.1) is 0 Å². The van der Waals surface area contributed by atoms with Gasteiger partial charge in [0.15, 0.2) is 6.61 Å². The zero-order valence-electron chi connectivity index (χ0n) is 13.8. The van der Waals surface area contributed by atoms with E-state index in [0.29, 0.717) is 6.04 Å². The molecule has 0 unspecified atom stereocenters. The van der Waals surface area contributed by atoms with Crippen LogP contribution in [0.1, 0.15) is 12.8 Å². The first-order chi connectivity index (χ1) is 10.5. The van der Waals surface area contributed by atoms with Crippen LogP contribution in [0.2, 0.25) is 0 Å². The molecule has 0 aliphatic carbocycles. The van der Waals surface area contributed by atoms with E-state index < -0.39 is 5.97 Å². The molecule has 0 radical (unpaired) electrons. The number of ether oxygens (including phenoxy) is 2. The summed E-state index contributed by atoms with van der Waals surface area (Å²) in [6, 6.07) is 0.653. The summed E-state index contributed by atoms with van der Waals surface area (Å²) >= 11 is 0. The van der Waals surface area contributed by atoms with Gasteiger partial charge >= 0.3 is 5.97 Å². The maximum atomic E-state index is 11.5. The molecule has 7 heteroatoms. The minimum absolute atomic E-state index is 0.0768. The zero-order valence-corrected chi connectivity index (χ0v) is 13.8. The molecule has 0 aromatic heterocycles. The summed E-state index contributed by atoms with van der Waals surface area (Å²) in [6.07, 6.45) is 2.52. The fourth-order valence-corrected chi connectivity index (χ4v) is 2.73. The summed E-state index contributed by atoms with van der Waals surface area (Å²) in [5.41, 5.74) is 0. The fraction of sp³-hybridized carbons (Fsp3) is 0.867. The van der Waals surface area contributed by atoms with Crippen molar-refractivity contribution in [1.82, 2.24) is 14.7 Å². The standard InChI is InChI=1S/C15H27N3O4/c1-16(2)14(19)10-22-15(20)11-21-13-8-18(9-13)12-4-6-17(3)7-5-12/h12-13H,4-11H2,1-3H3. The quantitative estimate of drug-likeness (QED) is 0.611. The molecule has 0 saturated carbocycles. The van der Waals surface area contributed by atoms with Crippen molar-refractivity contribution >= 4 is 11.9 Å². The van der Waals surface area contributed by atoms with Crippen LogP contribution < -0.4 is 0 Å². The van der Waals surface area contributed by atoms with Crippen molar-refractivity contribution in [3.63, 3.8) is 0 Å². The van der Waals surface area contributed by atoms with Crippen LogP contribution >= 0.6 is 0 Å². The van der Waals surface area contributed by atoms with Crippen LogP contribution in [0, 0.1) is 0 Å². The summed E-state index contributed by atoms with van der Waals surface area (Å²) < 4.78 is 10.4. The molecule has 126 valence electrons. The van der Waals surface area contributed by atoms with Crippen molar-refractivity contribution in [2.75, 3.05) is 60.5 Å². The predicted molar refractivity (Wildman–Crippen MR) is 81.5 cm³/mol. The Labute approximate surface area is 132 Å². The third kappa shape index (κ3) is 4.93. The molecule has 0 aromatic carbocycles. The topological polar surface area (TPSA) is 62.3 Å². The van der Waals surface area contributed by atoms with Crippen molar-refractivity contribution in [1.29, 1.82) is 0 Å². The molecule has 1 amide bonds. The normalized spacial score (nSPS) is 21.4. The van der Waals surface area contributed by atoms with Crippen molar-refractivity contribution in [3.05, 3.63) is 0 Å². The lowest BCUT2D eigenvalue weighted by molar-refractivity contribution is -0.160. The van der Waals surface area contributed by atoms with Crippen LogP contribution in [0.25, 0.3) is 0 Å². The van der Waals surface area contributed by atoms with Gasteiger partial charge in [-0.25, -0.2) is 4.79 Å². The average molecular weight is 313 g/mol. The van der Waals surface area contributed by atoms with E-state index in [1.165, 1.54) is 17.7 Å². The van der Waals surface area contributed by atoms with Gasteiger partial charge < -0.3 is 19.3 Å². The van der Waals surface area contributed by atoms with Crippen LogP contribution in [-0.4, -0.2) is 99.3 Å². The zero-order chi connectivity index (χ0) is 16.1. The maximum absolute atomic E-state index is 11.5. The minimum atomic E-state index is -0.479. The number of carbonyl (C=O) groups excluding carboxylic acids is 2. The molecule has 0 atom stereocenters. The molecule has 2 aliphatic rings. The Balaban J connectivity index is 1.54. The SMILES string of the molecule is CN1CCC(N2CC(OCC(=O)OCC(=O)N(C)C)C2)CC1. The van der Waals surface area contributed by atoms with Crippen LogP contribution in [0.4, 0.5) is 0 Å². The number of carbonyl (C=O) groups is 2. The molecular weight excluding hydrogens is 286 g/mol. The Hall–Kier alpha value is -1.18. The van der Waals surface area contributed by atoms with E-state index in [9.17, 15) is 9.59 Å². The Morgan fingerprint density at radius 1 is 1.14 bits per heavy atom. The molecule has 2 fully saturated rings. The third-order valence-electron chi connectivity index (χ3n) is 4.37. The lowest BCUT2D eigenvalue weighted by Gasteiger charge is -2.46. The number of hydrogen-bond acceptors (Lipinski definition) is 6. The first kappa shape index (κ1) is 17.2. The van der Waals surface area contributed by atoms with Gasteiger partial charge in [-0.3, -0.25) is 9.69 Å². The van der Waals surface area contributed by atoms with Gasteiger partial charge in [0.25, 0.3) is 5.91 Å². The molecule has 0 spiro atoms. The second kappa shape index (κ2) is 7.89. The second-order valence-electron chi connectivity index (χ2n) is 6.37. The number of likely N-dealkylation sites (N-methyl/N-ethyl adjacent to an activating group) is 1. The number of rotatable bonds is 6. The van der Waals surface area contributed by atoms with Crippen LogP contribution in [0.3, 0.4) is 0 Å². The van der Waals surface area contributed by atoms with Gasteiger partial charge in [-0.05, 0) is 33.0 Å². The number of esters is 1. The molecule has 0 aromatic rings. The smallest absolute Gasteiger partial charge is 0.332 e. The van der Waals surface area contributed by atoms with E-state index in [1.807, 2.05) is 0 Å². The molecule has 7 nitrogen and oxygen atoms in total. The van der Waals surface area contributed by atoms with Gasteiger partial charge in [0.1, 0.15) is 6.61 Å². The van der Waals surface area contributed by atoms with Crippen LogP contribution in [-0.2, 0) is 19.1 Å². The van der Waals surface area contributed by atoms with Gasteiger partial charge in [0.05, 0.1) is 6.10 Å². The monoisotopic (exact) mass is 313 g/mol. The predicted octanol–water partition coefficient (Wildman–Crippen LogP) is -0.587. The number of hydrogen-bond donors (Lipinski definition) is 0. The minimum Gasteiger partial charge on any atom is -0.454 e. The molecule has 0 N–H and O–H groups in total. The van der Waals surface area contributed by atoms with Crippen molar-refractivity contribution in [2.45, 2.75) is 25.0 Å². The Kier molecular flexibility index (Phi) is 6.16. The summed E-state index contributed by atoms with van der Waals surface area (Å²) in [5.74, 6) is -0.710. The Morgan fingerprint density at radius 2 is 1.77 bits per heavy atom. The third-order valence-corrected chi connectivity index (χ3v) is 4.37. The summed E-state index contributed by atoms with van der Waals surface area (Å²) in [5, 5.41) is 0. The van der Waals surface area contributed by atoms with E-state index in [1.54, 1.807) is 14.1 Å². The molecule has 22 heavy (non-hydrogen) atoms. The van der Waals surface area contributed by atoms with Gasteiger partial charge in [-0.1, -0.05) is 0 Å². The maximum Gasteiger partial charge on any atom is 0.332 e. The van der Waals surface area contributed by atoms with Crippen molar-refractivity contribution in [3.8, 4) is 0 Å². The second-order valence-corrected chi connectivity index (χ2v) is 6.37. The van der Waals surface area contributed by atoms with Crippen LogP contribution in [0.15, 0.2) is 0 Å². The van der Waals surface area contributed by atoms with Crippen LogP contribution in [0.5, 0.6) is 0 Å². The number of likely N-dealkylation sites (tertiary alicyclic amines) is 2. The van der Waals surface area contributed by atoms with Gasteiger partial charge in [-0.2, -0.15) is 0 Å². The number of amides is 1. The summed E-state index contributed by atoms with van der Waals surface area (Å²) in [6.45, 7) is 3.78. The first-order valence-corrected chi connectivity index (χ1v) is 7.85. The first-order valence-electron chi connectivity index (χ1n) is 7.85. The molecular formula is C15H27N3O4. The lowest BCUT2D eigenvalue weighted by Crippen LogP contribution is -2.58. The van der Waals surface area contributed by atoms with Gasteiger partial charge in [0, 0.05) is 33.2 Å². The number of nitrogens with zero attached hydrogens (tertiary/aromatic N) is 3. The highest BCUT2D eigenvalue weighted by Crippen LogP contribution is 2.22. The summed E-state index contributed by atoms with van der Waals surface area (Å²) in [4.78, 5) is 29.0. The lowest BCUT2D eigenvalue weighted by atomic mass is 9.99. The Morgan fingerprint density at radius 3 is 2.36 bits per heavy atom. The highest BCUT2D eigenvalue weighted by atomic mass is 16.6. The molecule has 2 saturated heterocycles. The molecule has 2 heterocycles. The van der Waals surface area contributed by atoms with Crippen molar-refractivity contribution < 1.29 is 19.1 Å². The molecule has 2 aliphatic heterocycles. The van der Waals surface area contributed by atoms with E-state index in [-0.39, 0.29) is 25.2 Å². The average Bonchev–Trinajstić information content (AvgIpc) is 2.44. The Bertz CT molecular complexity index is 388.